The van der Waals surface area contributed by atoms with Crippen LogP contribution in [0.5, 0.6) is 11.5 Å². The van der Waals surface area contributed by atoms with E-state index in [0.29, 0.717) is 17.1 Å². The van der Waals surface area contributed by atoms with Gasteiger partial charge in [0.1, 0.15) is 13.6 Å². The maximum atomic E-state index is 12.6. The van der Waals surface area contributed by atoms with Gasteiger partial charge in [0.25, 0.3) is 0 Å². The number of aliphatic carboxylic acids is 1. The van der Waals surface area contributed by atoms with Crippen LogP contribution in [-0.2, 0) is 4.79 Å². The Balaban J connectivity index is 2.03. The number of hydrogen-bond donors (Lipinski definition) is 1. The Bertz CT molecular complexity index is 984. The lowest BCUT2D eigenvalue weighted by molar-refractivity contribution is -0.145. The van der Waals surface area contributed by atoms with Gasteiger partial charge in [-0.2, -0.15) is 5.26 Å². The molecule has 0 heterocycles. The minimum atomic E-state index is -1.28. The fourth-order valence-electron chi connectivity index (χ4n) is 4.53. The minimum Gasteiger partial charge on any atom is -0.481 e. The number of nitrogens with zero attached hydrogens (tertiary/aromatic N) is 1. The van der Waals surface area contributed by atoms with E-state index < -0.39 is 24.9 Å². The van der Waals surface area contributed by atoms with E-state index in [1.54, 1.807) is 24.3 Å². The average Bonchev–Trinajstić information content (AvgIpc) is 3.19. The molecule has 8 heteroatoms. The monoisotopic (exact) mass is 661 g/mol. The fourth-order valence-corrected chi connectivity index (χ4v) is 6.40. The number of halogens is 4. The van der Waals surface area contributed by atoms with E-state index >= 15 is 0 Å². The number of alkyl halides is 4. The van der Waals surface area contributed by atoms with Gasteiger partial charge in [0.2, 0.25) is 0 Å². The third kappa shape index (κ3) is 3.99. The Morgan fingerprint density at radius 3 is 2.27 bits per heavy atom. The summed E-state index contributed by atoms with van der Waals surface area (Å²) in [5.74, 6) is -0.947. The molecule has 2 aromatic rings. The zero-order valence-electron chi connectivity index (χ0n) is 16.2. The number of para-hydroxylation sites is 1. The van der Waals surface area contributed by atoms with Crippen molar-refractivity contribution in [1.29, 1.82) is 5.26 Å². The Labute approximate surface area is 209 Å². The van der Waals surface area contributed by atoms with E-state index in [1.165, 1.54) is 0 Å². The third-order valence-corrected chi connectivity index (χ3v) is 10.5. The highest BCUT2D eigenvalue weighted by molar-refractivity contribution is 9.40. The lowest BCUT2D eigenvalue weighted by Crippen LogP contribution is -2.32. The largest absolute Gasteiger partial charge is 0.481 e. The first-order valence-corrected chi connectivity index (χ1v) is 12.4. The standard InChI is InChI=1S/C22H19Br4NO3/c1-20(2)17(18(23)22(24,25)26)21(20,19(28)29)16(12-27)13-7-6-10-15(11-13)30-14-8-4-3-5-9-14/h3-11,16-18H,1-2H3,(H,28,29)/t16-,17?,18?,21-/m0/s1. The van der Waals surface area contributed by atoms with Crippen molar-refractivity contribution in [1.82, 2.24) is 0 Å². The van der Waals surface area contributed by atoms with Crippen LogP contribution in [-0.4, -0.2) is 18.0 Å². The number of nitriles is 1. The highest BCUT2D eigenvalue weighted by Crippen LogP contribution is 2.78. The van der Waals surface area contributed by atoms with Crippen molar-refractivity contribution in [2.45, 2.75) is 26.7 Å². The minimum absolute atomic E-state index is 0.296. The van der Waals surface area contributed by atoms with Crippen LogP contribution in [0.15, 0.2) is 54.6 Å². The molecule has 4 atom stereocenters. The SMILES string of the molecule is CC1(C)C(C(Br)C(Br)(Br)Br)[C@]1(C(=O)O)[C@@H](C#N)c1cccc(Oc2ccccc2)c1. The van der Waals surface area contributed by atoms with Crippen LogP contribution >= 0.6 is 63.7 Å². The van der Waals surface area contributed by atoms with Crippen molar-refractivity contribution in [2.75, 3.05) is 0 Å². The Hall–Kier alpha value is -0.880. The number of rotatable bonds is 6. The molecule has 4 nitrogen and oxygen atoms in total. The fraction of sp³-hybridized carbons (Fsp3) is 0.364. The van der Waals surface area contributed by atoms with Gasteiger partial charge in [0, 0.05) is 0 Å². The Morgan fingerprint density at radius 2 is 1.73 bits per heavy atom. The zero-order chi connectivity index (χ0) is 22.3. The maximum absolute atomic E-state index is 12.6. The van der Waals surface area contributed by atoms with Gasteiger partial charge in [-0.25, -0.2) is 0 Å². The van der Waals surface area contributed by atoms with Gasteiger partial charge in [0.15, 0.2) is 0 Å². The highest BCUT2D eigenvalue weighted by Gasteiger charge is 2.81. The van der Waals surface area contributed by atoms with Crippen molar-refractivity contribution in [3.05, 3.63) is 60.2 Å². The number of ether oxygens (including phenoxy) is 1. The molecule has 3 rings (SSSR count). The lowest BCUT2D eigenvalue weighted by atomic mass is 9.78. The quantitative estimate of drug-likeness (QED) is 0.327. The number of hydrogen-bond acceptors (Lipinski definition) is 3. The van der Waals surface area contributed by atoms with Crippen LogP contribution in [0.4, 0.5) is 0 Å². The van der Waals surface area contributed by atoms with E-state index in [0.717, 1.165) is 0 Å². The molecule has 0 spiro atoms. The molecule has 0 bridgehead atoms. The predicted octanol–water partition coefficient (Wildman–Crippen LogP) is 7.42. The van der Waals surface area contributed by atoms with Crippen LogP contribution in [0.25, 0.3) is 0 Å². The molecule has 1 saturated carbocycles. The Kier molecular flexibility index (Phi) is 6.79. The predicted molar refractivity (Wildman–Crippen MR) is 131 cm³/mol. The molecule has 0 saturated heterocycles. The third-order valence-electron chi connectivity index (χ3n) is 5.96. The smallest absolute Gasteiger partial charge is 0.312 e. The van der Waals surface area contributed by atoms with Crippen LogP contribution in [0.2, 0.25) is 0 Å². The van der Waals surface area contributed by atoms with Gasteiger partial charge in [-0.3, -0.25) is 4.79 Å². The molecule has 0 amide bonds. The van der Waals surface area contributed by atoms with Gasteiger partial charge in [-0.15, -0.1) is 0 Å². The van der Waals surface area contributed by atoms with E-state index in [-0.39, 0.29) is 10.7 Å². The van der Waals surface area contributed by atoms with Crippen LogP contribution in [0.3, 0.4) is 0 Å². The first-order chi connectivity index (χ1) is 14.0. The highest BCUT2D eigenvalue weighted by atomic mass is 80.0. The summed E-state index contributed by atoms with van der Waals surface area (Å²) in [6.07, 6.45) is 0. The molecule has 1 N–H and O–H groups in total. The van der Waals surface area contributed by atoms with Gasteiger partial charge in [-0.1, -0.05) is 108 Å². The molecule has 1 aliphatic rings. The summed E-state index contributed by atoms with van der Waals surface area (Å²) in [7, 11) is 0. The van der Waals surface area contributed by atoms with Crippen LogP contribution in [0, 0.1) is 28.1 Å². The average molecular weight is 665 g/mol. The van der Waals surface area contributed by atoms with Crippen molar-refractivity contribution in [3.8, 4) is 17.6 Å². The number of benzene rings is 2. The van der Waals surface area contributed by atoms with Crippen molar-refractivity contribution >= 4 is 69.7 Å². The number of carboxylic acid groups (broad SMARTS) is 1. The molecule has 0 radical (unpaired) electrons. The molecule has 2 unspecified atom stereocenters. The zero-order valence-corrected chi connectivity index (χ0v) is 22.5. The van der Waals surface area contributed by atoms with E-state index in [2.05, 4.69) is 69.8 Å². The lowest BCUT2D eigenvalue weighted by Gasteiger charge is -2.25. The normalized spacial score (nSPS) is 24.4. The molecule has 2 aromatic carbocycles. The molecular formula is C22H19Br4NO3. The van der Waals surface area contributed by atoms with Crippen LogP contribution in [0.1, 0.15) is 25.3 Å². The first kappa shape index (κ1) is 23.8. The molecule has 0 aromatic heterocycles. The van der Waals surface area contributed by atoms with E-state index in [1.807, 2.05) is 44.2 Å². The van der Waals surface area contributed by atoms with Gasteiger partial charge >= 0.3 is 5.97 Å². The van der Waals surface area contributed by atoms with Crippen molar-refractivity contribution in [2.24, 2.45) is 16.7 Å². The molecule has 158 valence electrons. The summed E-state index contributed by atoms with van der Waals surface area (Å²) in [6, 6.07) is 18.7. The summed E-state index contributed by atoms with van der Waals surface area (Å²) in [6.45, 7) is 3.79. The summed E-state index contributed by atoms with van der Waals surface area (Å²) >= 11 is 14.1. The van der Waals surface area contributed by atoms with Gasteiger partial charge in [-0.05, 0) is 41.2 Å². The van der Waals surface area contributed by atoms with Gasteiger partial charge in [0.05, 0.1) is 22.2 Å². The van der Waals surface area contributed by atoms with Crippen LogP contribution < -0.4 is 4.74 Å². The first-order valence-electron chi connectivity index (χ1n) is 9.14. The summed E-state index contributed by atoms with van der Waals surface area (Å²) in [5.41, 5.74) is -1.29. The van der Waals surface area contributed by atoms with E-state index in [4.69, 9.17) is 4.74 Å². The maximum Gasteiger partial charge on any atom is 0.312 e. The van der Waals surface area contributed by atoms with Crippen molar-refractivity contribution in [3.63, 3.8) is 0 Å². The van der Waals surface area contributed by atoms with Gasteiger partial charge < -0.3 is 9.84 Å². The molecular weight excluding hydrogens is 646 g/mol. The van der Waals surface area contributed by atoms with E-state index in [9.17, 15) is 15.2 Å². The summed E-state index contributed by atoms with van der Waals surface area (Å²) in [5, 5.41) is 20.5. The molecule has 30 heavy (non-hydrogen) atoms. The molecule has 1 aliphatic carbocycles. The second-order valence-corrected chi connectivity index (χ2v) is 15.8. The Morgan fingerprint density at radius 1 is 1.13 bits per heavy atom. The number of carboxylic acids is 1. The second kappa shape index (κ2) is 8.57. The second-order valence-electron chi connectivity index (χ2n) is 7.87. The topological polar surface area (TPSA) is 70.3 Å². The van der Waals surface area contributed by atoms with Crippen molar-refractivity contribution < 1.29 is 14.6 Å². The summed E-state index contributed by atoms with van der Waals surface area (Å²) in [4.78, 5) is 12.3. The summed E-state index contributed by atoms with van der Waals surface area (Å²) < 4.78 is 5.20. The molecule has 0 aliphatic heterocycles. The number of carbonyl (C=O) groups is 1. The molecule has 1 fully saturated rings.